The Morgan fingerprint density at radius 3 is 1.74 bits per heavy atom. The number of hydrogen-bond acceptors (Lipinski definition) is 6. The van der Waals surface area contributed by atoms with E-state index in [-0.39, 0.29) is 0 Å². The van der Waals surface area contributed by atoms with Gasteiger partial charge in [0.1, 0.15) is 22.7 Å². The summed E-state index contributed by atoms with van der Waals surface area (Å²) in [6, 6.07) is 71.9. The van der Waals surface area contributed by atoms with Crippen LogP contribution >= 0.6 is 0 Å². The van der Waals surface area contributed by atoms with Gasteiger partial charge in [0.15, 0.2) is 17.5 Å². The Morgan fingerprint density at radius 1 is 0.354 bits per heavy atom. The number of benzene rings is 9. The summed E-state index contributed by atoms with van der Waals surface area (Å²) < 4.78 is 13.0. The molecule has 0 bridgehead atoms. The molecule has 1 aliphatic carbocycles. The first-order valence-electron chi connectivity index (χ1n) is 21.9. The van der Waals surface area contributed by atoms with Gasteiger partial charge < -0.3 is 9.15 Å². The van der Waals surface area contributed by atoms with Gasteiger partial charge in [-0.1, -0.05) is 176 Å². The Morgan fingerprint density at radius 2 is 0.954 bits per heavy atom. The summed E-state index contributed by atoms with van der Waals surface area (Å²) in [4.78, 5) is 21.1. The van der Waals surface area contributed by atoms with Gasteiger partial charge >= 0.3 is 0 Å². The van der Waals surface area contributed by atoms with Gasteiger partial charge in [0, 0.05) is 60.3 Å². The molecule has 2 aliphatic rings. The molecule has 0 saturated carbocycles. The van der Waals surface area contributed by atoms with Gasteiger partial charge in [0.25, 0.3) is 0 Å². The lowest BCUT2D eigenvalue weighted by molar-refractivity contribution is 0.436. The van der Waals surface area contributed by atoms with Crippen LogP contribution in [0.25, 0.3) is 100 Å². The molecule has 0 unspecified atom stereocenters. The summed E-state index contributed by atoms with van der Waals surface area (Å²) in [5, 5.41) is 5.28. The lowest BCUT2D eigenvalue weighted by Gasteiger charge is -2.39. The molecule has 0 N–H and O–H groups in total. The second-order valence-corrected chi connectivity index (χ2v) is 16.8. The molecule has 1 aliphatic heterocycles. The number of furan rings is 1. The maximum Gasteiger partial charge on any atom is 0.164 e. The van der Waals surface area contributed by atoms with E-state index in [4.69, 9.17) is 29.1 Å². The van der Waals surface area contributed by atoms with Crippen LogP contribution < -0.4 is 4.74 Å². The molecule has 12 aromatic rings. The second-order valence-electron chi connectivity index (χ2n) is 16.8. The second kappa shape index (κ2) is 13.6. The fourth-order valence-electron chi connectivity index (χ4n) is 10.7. The Labute approximate surface area is 373 Å². The van der Waals surface area contributed by atoms with Crippen molar-refractivity contribution in [1.29, 1.82) is 0 Å². The molecule has 0 fully saturated rings. The standard InChI is InChI=1S/C59H34N4O2/c1-3-16-35(17-4-1)55-41-32-33-46-54(38-20-7-9-23-43(38)59(46)44-24-10-13-27-49(44)65-50-28-14-11-25-45(50)59)53(41)39-31-30-37(34-47(39)60-55)57-61-56(36-18-5-2-6-19-36)62-58(63-57)42-22-15-29-51-52(42)40-21-8-12-26-48(40)64-51/h1-34H. The Kier molecular flexibility index (Phi) is 7.51. The van der Waals surface area contributed by atoms with E-state index in [1.54, 1.807) is 0 Å². The summed E-state index contributed by atoms with van der Waals surface area (Å²) >= 11 is 0. The van der Waals surface area contributed by atoms with Crippen molar-refractivity contribution in [3.05, 3.63) is 229 Å². The molecular formula is C59H34N4O2. The third-order valence-electron chi connectivity index (χ3n) is 13.4. The van der Waals surface area contributed by atoms with Crippen molar-refractivity contribution in [1.82, 2.24) is 19.9 Å². The van der Waals surface area contributed by atoms with E-state index in [2.05, 4.69) is 146 Å². The van der Waals surface area contributed by atoms with Crippen LogP contribution in [0.1, 0.15) is 22.3 Å². The summed E-state index contributed by atoms with van der Waals surface area (Å²) in [5.74, 6) is 3.45. The number of para-hydroxylation sites is 3. The molecule has 0 radical (unpaired) electrons. The highest BCUT2D eigenvalue weighted by atomic mass is 16.5. The minimum absolute atomic E-state index is 0.557. The summed E-state index contributed by atoms with van der Waals surface area (Å²) in [7, 11) is 0. The van der Waals surface area contributed by atoms with Gasteiger partial charge in [-0.3, -0.25) is 0 Å². The average Bonchev–Trinajstić information content (AvgIpc) is 3.90. The van der Waals surface area contributed by atoms with E-state index in [0.717, 1.165) is 94.2 Å². The van der Waals surface area contributed by atoms with Crippen molar-refractivity contribution >= 4 is 43.6 Å². The molecule has 9 aromatic carbocycles. The van der Waals surface area contributed by atoms with Crippen molar-refractivity contribution < 1.29 is 9.15 Å². The van der Waals surface area contributed by atoms with Crippen LogP contribution in [0.5, 0.6) is 11.5 Å². The number of fused-ring (bicyclic) bond motifs is 16. The summed E-state index contributed by atoms with van der Waals surface area (Å²) in [6.07, 6.45) is 0. The predicted octanol–water partition coefficient (Wildman–Crippen LogP) is 14.6. The molecular weight excluding hydrogens is 797 g/mol. The Balaban J connectivity index is 1.06. The van der Waals surface area contributed by atoms with E-state index < -0.39 is 5.41 Å². The van der Waals surface area contributed by atoms with Gasteiger partial charge in [-0.25, -0.2) is 19.9 Å². The molecule has 65 heavy (non-hydrogen) atoms. The molecule has 0 atom stereocenters. The fraction of sp³-hybridized carbons (Fsp3) is 0.0169. The van der Waals surface area contributed by atoms with Gasteiger partial charge in [-0.2, -0.15) is 0 Å². The smallest absolute Gasteiger partial charge is 0.164 e. The number of hydrogen-bond donors (Lipinski definition) is 0. The predicted molar refractivity (Wildman–Crippen MR) is 259 cm³/mol. The highest BCUT2D eigenvalue weighted by Gasteiger charge is 2.51. The van der Waals surface area contributed by atoms with Crippen LogP contribution in [0.3, 0.4) is 0 Å². The molecule has 6 nitrogen and oxygen atoms in total. The maximum absolute atomic E-state index is 6.66. The number of pyridine rings is 1. The highest BCUT2D eigenvalue weighted by molar-refractivity contribution is 6.20. The van der Waals surface area contributed by atoms with Gasteiger partial charge in [-0.05, 0) is 52.6 Å². The average molecular weight is 831 g/mol. The van der Waals surface area contributed by atoms with Crippen LogP contribution in [-0.4, -0.2) is 19.9 Å². The van der Waals surface area contributed by atoms with Crippen molar-refractivity contribution in [3.8, 4) is 68.0 Å². The molecule has 0 amide bonds. The molecule has 14 rings (SSSR count). The van der Waals surface area contributed by atoms with Crippen molar-refractivity contribution in [2.45, 2.75) is 5.41 Å². The minimum Gasteiger partial charge on any atom is -0.457 e. The number of rotatable bonds is 4. The normalized spacial score (nSPS) is 13.2. The van der Waals surface area contributed by atoms with Crippen molar-refractivity contribution in [3.63, 3.8) is 0 Å². The molecule has 4 heterocycles. The lowest BCUT2D eigenvalue weighted by atomic mass is 9.66. The van der Waals surface area contributed by atoms with Crippen LogP contribution in [0, 0.1) is 0 Å². The van der Waals surface area contributed by atoms with Gasteiger partial charge in [-0.15, -0.1) is 0 Å². The highest BCUT2D eigenvalue weighted by Crippen LogP contribution is 2.63. The number of nitrogens with zero attached hydrogens (tertiary/aromatic N) is 4. The molecule has 302 valence electrons. The zero-order valence-corrected chi connectivity index (χ0v) is 34.7. The van der Waals surface area contributed by atoms with Gasteiger partial charge in [0.2, 0.25) is 0 Å². The monoisotopic (exact) mass is 830 g/mol. The molecule has 1 spiro atoms. The zero-order valence-electron chi connectivity index (χ0n) is 34.7. The van der Waals surface area contributed by atoms with E-state index in [1.165, 1.54) is 22.3 Å². The van der Waals surface area contributed by atoms with Crippen LogP contribution in [0.15, 0.2) is 211 Å². The number of aromatic nitrogens is 4. The van der Waals surface area contributed by atoms with E-state index in [0.29, 0.717) is 17.5 Å². The molecule has 6 heteroatoms. The third-order valence-corrected chi connectivity index (χ3v) is 13.4. The lowest BCUT2D eigenvalue weighted by Crippen LogP contribution is -2.32. The van der Waals surface area contributed by atoms with E-state index in [1.807, 2.05) is 60.7 Å². The Bertz CT molecular complexity index is 3890. The quantitative estimate of drug-likeness (QED) is 0.165. The first kappa shape index (κ1) is 35.8. The maximum atomic E-state index is 6.66. The number of ether oxygens (including phenoxy) is 1. The largest absolute Gasteiger partial charge is 0.457 e. The molecule has 3 aromatic heterocycles. The van der Waals surface area contributed by atoms with Crippen LogP contribution in [-0.2, 0) is 5.41 Å². The van der Waals surface area contributed by atoms with Crippen LogP contribution in [0.4, 0.5) is 0 Å². The summed E-state index contributed by atoms with van der Waals surface area (Å²) in [6.45, 7) is 0. The van der Waals surface area contributed by atoms with E-state index in [9.17, 15) is 0 Å². The van der Waals surface area contributed by atoms with Gasteiger partial charge in [0.05, 0.1) is 16.6 Å². The van der Waals surface area contributed by atoms with Crippen molar-refractivity contribution in [2.75, 3.05) is 0 Å². The first-order valence-corrected chi connectivity index (χ1v) is 21.9. The van der Waals surface area contributed by atoms with E-state index >= 15 is 0 Å². The fourth-order valence-corrected chi connectivity index (χ4v) is 10.7. The SMILES string of the molecule is c1ccc(-c2nc(-c3ccc4c(c3)nc(-c3ccccc3)c3ccc5c(c34)-c3ccccc3C53c4ccccc4Oc4ccccc43)nc(-c3cccc4oc5ccccc5c34)n2)cc1. The first-order chi connectivity index (χ1) is 32.2. The topological polar surface area (TPSA) is 73.9 Å². The zero-order chi connectivity index (χ0) is 42.6. The molecule has 0 saturated heterocycles. The third kappa shape index (κ3) is 5.10. The van der Waals surface area contributed by atoms with Crippen molar-refractivity contribution in [2.24, 2.45) is 0 Å². The summed E-state index contributed by atoms with van der Waals surface area (Å²) in [5.41, 5.74) is 13.5. The minimum atomic E-state index is -0.605. The van der Waals surface area contributed by atoms with Crippen LogP contribution in [0.2, 0.25) is 0 Å². The Hall–Kier alpha value is -8.74.